The number of hydrogen-bond donors (Lipinski definition) is 1. The maximum Gasteiger partial charge on any atom is 0.279 e. The van der Waals surface area contributed by atoms with Crippen molar-refractivity contribution in [1.29, 1.82) is 0 Å². The number of ether oxygens (including phenoxy) is 1. The Morgan fingerprint density at radius 3 is 2.84 bits per heavy atom. The van der Waals surface area contributed by atoms with Gasteiger partial charge in [-0.05, 0) is 36.4 Å². The molecular weight excluding hydrogens is 287 g/mol. The minimum absolute atomic E-state index is 0.207. The number of benzene rings is 2. The average Bonchev–Trinajstić information content (AvgIpc) is 2.74. The number of anilines is 1. The van der Waals surface area contributed by atoms with E-state index in [0.717, 1.165) is 10.2 Å². The van der Waals surface area contributed by atoms with E-state index >= 15 is 0 Å². The van der Waals surface area contributed by atoms with Gasteiger partial charge in [-0.25, -0.2) is 9.37 Å². The molecule has 3 aromatic rings. The molecule has 0 aliphatic rings. The van der Waals surface area contributed by atoms with Crippen molar-refractivity contribution in [3.05, 3.63) is 47.2 Å². The third-order valence-corrected chi connectivity index (χ3v) is 3.68. The van der Waals surface area contributed by atoms with Crippen LogP contribution in [-0.2, 0) is 0 Å². The molecule has 2 aromatic carbocycles. The Morgan fingerprint density at radius 1 is 1.21 bits per heavy atom. The lowest BCUT2D eigenvalue weighted by Crippen LogP contribution is -1.85. The molecule has 2 N–H and O–H groups in total. The molecule has 0 atom stereocenters. The predicted octanol–water partition coefficient (Wildman–Crippen LogP) is 4.46. The van der Waals surface area contributed by atoms with E-state index in [9.17, 15) is 4.39 Å². The molecule has 0 aliphatic heterocycles. The summed E-state index contributed by atoms with van der Waals surface area (Å²) in [6.45, 7) is 0. The van der Waals surface area contributed by atoms with E-state index in [2.05, 4.69) is 4.98 Å². The first kappa shape index (κ1) is 12.2. The zero-order chi connectivity index (χ0) is 13.4. The van der Waals surface area contributed by atoms with Crippen molar-refractivity contribution in [2.24, 2.45) is 0 Å². The SMILES string of the molecule is Nc1ccc2nc(Oc3ccc(F)cc3Cl)sc2c1. The predicted molar refractivity (Wildman–Crippen MR) is 75.5 cm³/mol. The molecule has 0 saturated heterocycles. The van der Waals surface area contributed by atoms with Gasteiger partial charge >= 0.3 is 0 Å². The molecule has 0 radical (unpaired) electrons. The van der Waals surface area contributed by atoms with Crippen LogP contribution in [0.1, 0.15) is 0 Å². The maximum absolute atomic E-state index is 12.9. The molecule has 1 heterocycles. The van der Waals surface area contributed by atoms with Crippen LogP contribution in [0.3, 0.4) is 0 Å². The van der Waals surface area contributed by atoms with Crippen molar-refractivity contribution >= 4 is 38.8 Å². The molecular formula is C13H8ClFN2OS. The second-order valence-corrected chi connectivity index (χ2v) is 5.28. The smallest absolute Gasteiger partial charge is 0.279 e. The first-order valence-electron chi connectivity index (χ1n) is 5.41. The summed E-state index contributed by atoms with van der Waals surface area (Å²) in [5, 5.41) is 0.646. The van der Waals surface area contributed by atoms with Crippen molar-refractivity contribution in [3.63, 3.8) is 0 Å². The second-order valence-electron chi connectivity index (χ2n) is 3.88. The molecule has 96 valence electrons. The number of nitrogens with zero attached hydrogens (tertiary/aromatic N) is 1. The fourth-order valence-electron chi connectivity index (χ4n) is 1.62. The zero-order valence-electron chi connectivity index (χ0n) is 9.56. The Hall–Kier alpha value is -1.85. The summed E-state index contributed by atoms with van der Waals surface area (Å²) >= 11 is 7.25. The van der Waals surface area contributed by atoms with Crippen molar-refractivity contribution in [3.8, 4) is 10.9 Å². The Labute approximate surface area is 117 Å². The number of nitrogens with two attached hydrogens (primary N) is 1. The first-order chi connectivity index (χ1) is 9.11. The van der Waals surface area contributed by atoms with Crippen molar-refractivity contribution in [1.82, 2.24) is 4.98 Å². The number of rotatable bonds is 2. The second kappa shape index (κ2) is 4.68. The average molecular weight is 295 g/mol. The van der Waals surface area contributed by atoms with Gasteiger partial charge in [0, 0.05) is 5.69 Å². The summed E-state index contributed by atoms with van der Waals surface area (Å²) in [5.74, 6) is -0.0375. The summed E-state index contributed by atoms with van der Waals surface area (Å²) in [5.41, 5.74) is 7.17. The molecule has 0 fully saturated rings. The molecule has 0 spiro atoms. The summed E-state index contributed by atoms with van der Waals surface area (Å²) < 4.78 is 19.4. The molecule has 1 aromatic heterocycles. The van der Waals surface area contributed by atoms with Gasteiger partial charge in [0.1, 0.15) is 11.6 Å². The number of halogens is 2. The third kappa shape index (κ3) is 2.47. The lowest BCUT2D eigenvalue weighted by Gasteiger charge is -2.03. The van der Waals surface area contributed by atoms with Crippen molar-refractivity contribution < 1.29 is 9.13 Å². The molecule has 0 bridgehead atoms. The molecule has 0 amide bonds. The zero-order valence-corrected chi connectivity index (χ0v) is 11.1. The highest BCUT2D eigenvalue weighted by molar-refractivity contribution is 7.20. The van der Waals surface area contributed by atoms with Crippen molar-refractivity contribution in [2.45, 2.75) is 0 Å². The fourth-order valence-corrected chi connectivity index (χ4v) is 2.70. The van der Waals surface area contributed by atoms with Gasteiger partial charge in [0.15, 0.2) is 0 Å². The van der Waals surface area contributed by atoms with E-state index in [-0.39, 0.29) is 5.02 Å². The molecule has 3 nitrogen and oxygen atoms in total. The highest BCUT2D eigenvalue weighted by Crippen LogP contribution is 2.35. The van der Waals surface area contributed by atoms with E-state index < -0.39 is 5.82 Å². The topological polar surface area (TPSA) is 48.1 Å². The maximum atomic E-state index is 12.9. The third-order valence-electron chi connectivity index (χ3n) is 2.48. The van der Waals surface area contributed by atoms with Crippen LogP contribution in [0, 0.1) is 5.82 Å². The highest BCUT2D eigenvalue weighted by Gasteiger charge is 2.09. The van der Waals surface area contributed by atoms with Gasteiger partial charge in [0.2, 0.25) is 0 Å². The van der Waals surface area contributed by atoms with Gasteiger partial charge in [0.05, 0.1) is 15.2 Å². The lowest BCUT2D eigenvalue weighted by molar-refractivity contribution is 0.478. The normalized spacial score (nSPS) is 10.8. The van der Waals surface area contributed by atoms with E-state index in [0.29, 0.717) is 16.6 Å². The molecule has 3 rings (SSSR count). The van der Waals surface area contributed by atoms with Crippen LogP contribution in [0.15, 0.2) is 36.4 Å². The first-order valence-corrected chi connectivity index (χ1v) is 6.60. The number of fused-ring (bicyclic) bond motifs is 1. The number of aromatic nitrogens is 1. The van der Waals surface area contributed by atoms with Gasteiger partial charge in [-0.15, -0.1) is 0 Å². The molecule has 0 aliphatic carbocycles. The molecule has 6 heteroatoms. The van der Waals surface area contributed by atoms with Crippen LogP contribution in [0.4, 0.5) is 10.1 Å². The Kier molecular flexibility index (Phi) is 3.00. The Bertz CT molecular complexity index is 759. The molecule has 0 unspecified atom stereocenters. The van der Waals surface area contributed by atoms with Crippen LogP contribution in [0.5, 0.6) is 10.9 Å². The van der Waals surface area contributed by atoms with E-state index in [1.165, 1.54) is 29.5 Å². The van der Waals surface area contributed by atoms with E-state index in [1.807, 2.05) is 12.1 Å². The Morgan fingerprint density at radius 2 is 2.05 bits per heavy atom. The van der Waals surface area contributed by atoms with Gasteiger partial charge in [0.25, 0.3) is 5.19 Å². The number of thiazole rings is 1. The number of nitrogen functional groups attached to an aromatic ring is 1. The largest absolute Gasteiger partial charge is 0.429 e. The van der Waals surface area contributed by atoms with Crippen LogP contribution < -0.4 is 10.5 Å². The fraction of sp³-hybridized carbons (Fsp3) is 0. The van der Waals surface area contributed by atoms with Gasteiger partial charge in [-0.2, -0.15) is 0 Å². The van der Waals surface area contributed by atoms with Gasteiger partial charge < -0.3 is 10.5 Å². The lowest BCUT2D eigenvalue weighted by atomic mass is 10.3. The highest BCUT2D eigenvalue weighted by atomic mass is 35.5. The molecule has 0 saturated carbocycles. The quantitative estimate of drug-likeness (QED) is 0.710. The van der Waals surface area contributed by atoms with Crippen LogP contribution in [0.25, 0.3) is 10.2 Å². The van der Waals surface area contributed by atoms with Crippen LogP contribution >= 0.6 is 22.9 Å². The van der Waals surface area contributed by atoms with Crippen LogP contribution in [0.2, 0.25) is 5.02 Å². The van der Waals surface area contributed by atoms with Crippen molar-refractivity contribution in [2.75, 3.05) is 5.73 Å². The van der Waals surface area contributed by atoms with Gasteiger partial charge in [-0.1, -0.05) is 22.9 Å². The minimum Gasteiger partial charge on any atom is -0.429 e. The van der Waals surface area contributed by atoms with E-state index in [1.54, 1.807) is 6.07 Å². The summed E-state index contributed by atoms with van der Waals surface area (Å²) in [6.07, 6.45) is 0. The summed E-state index contributed by atoms with van der Waals surface area (Å²) in [6, 6.07) is 9.37. The standard InChI is InChI=1S/C13H8ClFN2OS/c14-9-5-7(15)1-4-11(9)18-13-17-10-3-2-8(16)6-12(10)19-13/h1-6H,16H2. The van der Waals surface area contributed by atoms with Gasteiger partial charge in [-0.3, -0.25) is 0 Å². The number of hydrogen-bond acceptors (Lipinski definition) is 4. The molecule has 19 heavy (non-hydrogen) atoms. The summed E-state index contributed by atoms with van der Waals surface area (Å²) in [7, 11) is 0. The van der Waals surface area contributed by atoms with Crippen LogP contribution in [-0.4, -0.2) is 4.98 Å². The van der Waals surface area contributed by atoms with E-state index in [4.69, 9.17) is 22.1 Å². The Balaban J connectivity index is 1.96. The summed E-state index contributed by atoms with van der Waals surface area (Å²) in [4.78, 5) is 4.30. The monoisotopic (exact) mass is 294 g/mol. The minimum atomic E-state index is -0.408.